The van der Waals surface area contributed by atoms with Gasteiger partial charge >= 0.3 is 23.9 Å². The topological polar surface area (TPSA) is 194 Å². The summed E-state index contributed by atoms with van der Waals surface area (Å²) in [7, 11) is 0. The fourth-order valence-electron chi connectivity index (χ4n) is 4.64. The number of hydrogen-bond donors (Lipinski definition) is 3. The van der Waals surface area contributed by atoms with Gasteiger partial charge in [-0.15, -0.1) is 0 Å². The first-order valence-electron chi connectivity index (χ1n) is 14.6. The van der Waals surface area contributed by atoms with Gasteiger partial charge in [0.2, 0.25) is 18.3 Å². The number of benzene rings is 1. The minimum Gasteiger partial charge on any atom is -0.463 e. The quantitative estimate of drug-likeness (QED) is 0.125. The smallest absolute Gasteiger partial charge is 0.303 e. The number of ether oxygens (including phenoxy) is 6. The van der Waals surface area contributed by atoms with Crippen molar-refractivity contribution >= 4 is 35.9 Å². The van der Waals surface area contributed by atoms with Crippen LogP contribution in [0, 0.1) is 18.3 Å². The summed E-state index contributed by atoms with van der Waals surface area (Å²) in [6, 6.07) is 5.78. The van der Waals surface area contributed by atoms with Gasteiger partial charge in [-0.05, 0) is 36.0 Å². The summed E-state index contributed by atoms with van der Waals surface area (Å²) in [5.41, 5.74) is 9.92. The van der Waals surface area contributed by atoms with Gasteiger partial charge in [-0.25, -0.2) is 0 Å². The SMILES string of the molecule is CC(=O)OC[C@H]1O[C@@H](OC(=N)/C(Cc2ccc(/C=C/CCO)cc2C)=C(\N)C(C)C)[C@H](OC(C)=O)[C@@H](OC(C)=O)[C@@H]1OC(C)=O. The zero-order valence-corrected chi connectivity index (χ0v) is 26.8. The van der Waals surface area contributed by atoms with Gasteiger partial charge in [0.1, 0.15) is 12.7 Å². The highest BCUT2D eigenvalue weighted by Gasteiger charge is 2.53. The maximum atomic E-state index is 12.2. The van der Waals surface area contributed by atoms with Gasteiger partial charge in [-0.1, -0.05) is 44.2 Å². The molecule has 1 heterocycles. The standard InChI is InChI=1S/C32H44N2O11/c1-17(2)27(33)25(15-24-12-11-23(14-18(24)3)10-8-9-13-35)31(34)45-32-30(43-22(7)39)29(42-21(6)38)28(41-20(5)37)26(44-32)16-40-19(4)36/h8,10-12,14,17,26,28-30,32,34-35H,9,13,15-16,33H2,1-7H3/b10-8+,27-25-,34-31?/t26-,28-,29+,30-,32+/m1/s1. The molecule has 1 fully saturated rings. The first kappa shape index (κ1) is 37.0. The first-order chi connectivity index (χ1) is 21.1. The molecule has 1 saturated heterocycles. The van der Waals surface area contributed by atoms with E-state index < -0.39 is 67.1 Å². The third kappa shape index (κ3) is 11.3. The molecule has 45 heavy (non-hydrogen) atoms. The van der Waals surface area contributed by atoms with Gasteiger partial charge in [0.05, 0.1) is 0 Å². The largest absolute Gasteiger partial charge is 0.463 e. The number of rotatable bonds is 13. The highest BCUT2D eigenvalue weighted by Crippen LogP contribution is 2.31. The predicted molar refractivity (Wildman–Crippen MR) is 162 cm³/mol. The van der Waals surface area contributed by atoms with E-state index in [4.69, 9.17) is 44.7 Å². The van der Waals surface area contributed by atoms with Crippen molar-refractivity contribution in [2.75, 3.05) is 13.2 Å². The fourth-order valence-corrected chi connectivity index (χ4v) is 4.64. The Morgan fingerprint density at radius 3 is 2.09 bits per heavy atom. The predicted octanol–water partition coefficient (Wildman–Crippen LogP) is 2.88. The maximum Gasteiger partial charge on any atom is 0.303 e. The van der Waals surface area contributed by atoms with E-state index in [0.717, 1.165) is 37.5 Å². The Bertz CT molecular complexity index is 1300. The molecule has 248 valence electrons. The van der Waals surface area contributed by atoms with Crippen LogP contribution in [0.2, 0.25) is 0 Å². The van der Waals surface area contributed by atoms with Crippen LogP contribution in [-0.4, -0.2) is 78.8 Å². The number of carbonyl (C=O) groups excluding carboxylic acids is 4. The van der Waals surface area contributed by atoms with Crippen LogP contribution in [0.15, 0.2) is 35.5 Å². The van der Waals surface area contributed by atoms with Crippen molar-refractivity contribution in [3.63, 3.8) is 0 Å². The number of aliphatic hydroxyl groups is 1. The van der Waals surface area contributed by atoms with E-state index in [1.165, 1.54) is 6.92 Å². The normalized spacial score (nSPS) is 21.9. The van der Waals surface area contributed by atoms with Crippen molar-refractivity contribution < 1.29 is 52.7 Å². The summed E-state index contributed by atoms with van der Waals surface area (Å²) in [6.07, 6.45) is -2.55. The third-order valence-electron chi connectivity index (χ3n) is 6.77. The highest BCUT2D eigenvalue weighted by molar-refractivity contribution is 5.92. The van der Waals surface area contributed by atoms with E-state index in [1.807, 2.05) is 51.1 Å². The van der Waals surface area contributed by atoms with Crippen molar-refractivity contribution in [3.05, 3.63) is 52.2 Å². The molecule has 13 heteroatoms. The molecule has 0 aliphatic carbocycles. The Morgan fingerprint density at radius 2 is 1.56 bits per heavy atom. The Hall–Kier alpha value is -4.23. The number of carbonyl (C=O) groups is 4. The zero-order valence-electron chi connectivity index (χ0n) is 26.8. The second-order valence-electron chi connectivity index (χ2n) is 10.9. The van der Waals surface area contributed by atoms with Crippen LogP contribution in [0.25, 0.3) is 6.08 Å². The van der Waals surface area contributed by atoms with E-state index in [1.54, 1.807) is 0 Å². The molecule has 13 nitrogen and oxygen atoms in total. The van der Waals surface area contributed by atoms with E-state index >= 15 is 0 Å². The average Bonchev–Trinajstić information content (AvgIpc) is 2.93. The Balaban J connectivity index is 2.52. The highest BCUT2D eigenvalue weighted by atomic mass is 16.7. The summed E-state index contributed by atoms with van der Waals surface area (Å²) in [6.45, 7) is 9.79. The molecular formula is C32H44N2O11. The first-order valence-corrected chi connectivity index (χ1v) is 14.6. The van der Waals surface area contributed by atoms with Crippen LogP contribution in [0.5, 0.6) is 0 Å². The molecule has 0 bridgehead atoms. The minimum absolute atomic E-state index is 0.0534. The maximum absolute atomic E-state index is 12.2. The zero-order chi connectivity index (χ0) is 33.8. The molecule has 4 N–H and O–H groups in total. The molecule has 0 amide bonds. The van der Waals surface area contributed by atoms with Crippen molar-refractivity contribution in [1.82, 2.24) is 0 Å². The van der Waals surface area contributed by atoms with Gasteiger partial charge in [0, 0.05) is 52.0 Å². The fraction of sp³-hybridized carbons (Fsp3) is 0.531. The summed E-state index contributed by atoms with van der Waals surface area (Å²) in [5.74, 6) is -3.57. The van der Waals surface area contributed by atoms with E-state index in [0.29, 0.717) is 17.7 Å². The lowest BCUT2D eigenvalue weighted by Gasteiger charge is -2.44. The van der Waals surface area contributed by atoms with Crippen LogP contribution in [0.1, 0.15) is 64.7 Å². The molecule has 2 rings (SSSR count). The Kier molecular flexibility index (Phi) is 14.2. The van der Waals surface area contributed by atoms with Crippen molar-refractivity contribution in [2.45, 2.75) is 92.0 Å². The number of nitrogens with one attached hydrogen (secondary N) is 1. The van der Waals surface area contributed by atoms with Crippen LogP contribution in [0.3, 0.4) is 0 Å². The van der Waals surface area contributed by atoms with Gasteiger partial charge in [-0.3, -0.25) is 24.6 Å². The molecule has 1 aromatic carbocycles. The van der Waals surface area contributed by atoms with Gasteiger partial charge < -0.3 is 39.3 Å². The molecule has 0 radical (unpaired) electrons. The minimum atomic E-state index is -1.56. The van der Waals surface area contributed by atoms with Crippen LogP contribution < -0.4 is 5.73 Å². The number of nitrogens with two attached hydrogens (primary N) is 1. The second-order valence-corrected chi connectivity index (χ2v) is 10.9. The van der Waals surface area contributed by atoms with Crippen LogP contribution in [-0.2, 0) is 54.0 Å². The molecular weight excluding hydrogens is 588 g/mol. The number of hydrogen-bond acceptors (Lipinski definition) is 13. The average molecular weight is 633 g/mol. The Morgan fingerprint density at radius 1 is 0.956 bits per heavy atom. The molecule has 1 aliphatic heterocycles. The van der Waals surface area contributed by atoms with Crippen molar-refractivity contribution in [2.24, 2.45) is 11.7 Å². The van der Waals surface area contributed by atoms with Gasteiger partial charge in [-0.2, -0.15) is 0 Å². The second kappa shape index (κ2) is 17.3. The van der Waals surface area contributed by atoms with Crippen LogP contribution >= 0.6 is 0 Å². The molecule has 0 saturated carbocycles. The third-order valence-corrected chi connectivity index (χ3v) is 6.77. The number of allylic oxidation sites excluding steroid dienone is 1. The Labute approximate surface area is 263 Å². The summed E-state index contributed by atoms with van der Waals surface area (Å²) in [4.78, 5) is 47.9. The summed E-state index contributed by atoms with van der Waals surface area (Å²) < 4.78 is 33.4. The van der Waals surface area contributed by atoms with Crippen molar-refractivity contribution in [1.29, 1.82) is 5.41 Å². The number of esters is 4. The molecule has 1 aliphatic rings. The molecule has 0 unspecified atom stereocenters. The molecule has 5 atom stereocenters. The molecule has 0 aromatic heterocycles. The summed E-state index contributed by atoms with van der Waals surface area (Å²) in [5, 5.41) is 18.0. The number of aliphatic hydroxyl groups excluding tert-OH is 1. The van der Waals surface area contributed by atoms with E-state index in [9.17, 15) is 19.2 Å². The lowest BCUT2D eigenvalue weighted by atomic mass is 9.94. The van der Waals surface area contributed by atoms with E-state index in [2.05, 4.69) is 0 Å². The lowest BCUT2D eigenvalue weighted by molar-refractivity contribution is -0.291. The molecule has 0 spiro atoms. The lowest BCUT2D eigenvalue weighted by Crippen LogP contribution is -2.63. The monoisotopic (exact) mass is 632 g/mol. The van der Waals surface area contributed by atoms with E-state index in [-0.39, 0.29) is 18.9 Å². The van der Waals surface area contributed by atoms with Crippen LogP contribution in [0.4, 0.5) is 0 Å². The van der Waals surface area contributed by atoms with Gasteiger partial charge in [0.15, 0.2) is 12.2 Å². The van der Waals surface area contributed by atoms with Crippen molar-refractivity contribution in [3.8, 4) is 0 Å². The molecule has 1 aromatic rings. The van der Waals surface area contributed by atoms with Gasteiger partial charge in [0.25, 0.3) is 0 Å². The summed E-state index contributed by atoms with van der Waals surface area (Å²) >= 11 is 0. The number of aryl methyl sites for hydroxylation is 1.